The molecule has 0 N–H and O–H groups in total. The fraction of sp³-hybridized carbons (Fsp3) is 0.625. The van der Waals surface area contributed by atoms with Crippen LogP contribution in [0.5, 0.6) is 0 Å². The Morgan fingerprint density at radius 1 is 1.46 bits per heavy atom. The maximum absolute atomic E-state index is 10.7. The Bertz CT molecular complexity index is 177. The van der Waals surface area contributed by atoms with E-state index in [2.05, 4.69) is 6.58 Å². The minimum absolute atomic E-state index is 0.315. The average Bonchev–Trinajstić information content (AvgIpc) is 2.17. The predicted octanol–water partition coefficient (Wildman–Crippen LogP) is 1.08. The third-order valence-corrected chi connectivity index (χ3v) is 4.67. The van der Waals surface area contributed by atoms with Gasteiger partial charge in [0.1, 0.15) is 0 Å². The van der Waals surface area contributed by atoms with Crippen LogP contribution in [0.1, 0.15) is 0 Å². The Hall–Kier alpha value is -0.653. The Labute approximate surface area is 79.7 Å². The first-order valence-electron chi connectivity index (χ1n) is 3.97. The minimum Gasteiger partial charge on any atom is -0.463 e. The van der Waals surface area contributed by atoms with Crippen molar-refractivity contribution in [3.05, 3.63) is 12.7 Å². The molecule has 5 heteroatoms. The Morgan fingerprint density at radius 3 is 2.38 bits per heavy atom. The summed E-state index contributed by atoms with van der Waals surface area (Å²) in [4.78, 5) is 10.7. The monoisotopic (exact) mass is 204 g/mol. The van der Waals surface area contributed by atoms with Gasteiger partial charge in [0.2, 0.25) is 0 Å². The lowest BCUT2D eigenvalue weighted by Gasteiger charge is -2.21. The van der Waals surface area contributed by atoms with E-state index in [4.69, 9.17) is 13.6 Å². The van der Waals surface area contributed by atoms with Crippen LogP contribution in [0, 0.1) is 0 Å². The van der Waals surface area contributed by atoms with Crippen LogP contribution >= 0.6 is 0 Å². The second-order valence-electron chi connectivity index (χ2n) is 2.66. The van der Waals surface area contributed by atoms with Crippen molar-refractivity contribution < 1.29 is 18.4 Å². The van der Waals surface area contributed by atoms with Crippen molar-refractivity contribution in [1.82, 2.24) is 0 Å². The summed E-state index contributed by atoms with van der Waals surface area (Å²) in [6.45, 7) is 5.52. The highest BCUT2D eigenvalue weighted by Gasteiger charge is 2.28. The molecule has 0 aliphatic carbocycles. The highest BCUT2D eigenvalue weighted by atomic mass is 28.4. The van der Waals surface area contributed by atoms with Crippen LogP contribution in [-0.2, 0) is 18.4 Å². The van der Waals surface area contributed by atoms with Gasteiger partial charge in [-0.05, 0) is 6.55 Å². The van der Waals surface area contributed by atoms with Gasteiger partial charge in [-0.2, -0.15) is 0 Å². The van der Waals surface area contributed by atoms with Crippen LogP contribution in [0.25, 0.3) is 0 Å². The van der Waals surface area contributed by atoms with Crippen molar-refractivity contribution in [2.24, 2.45) is 0 Å². The van der Waals surface area contributed by atoms with E-state index in [1.807, 2.05) is 6.55 Å². The lowest BCUT2D eigenvalue weighted by Crippen LogP contribution is -2.37. The predicted molar refractivity (Wildman–Crippen MR) is 51.6 cm³/mol. The first-order chi connectivity index (χ1) is 6.08. The number of rotatable bonds is 6. The molecule has 0 saturated heterocycles. The molecule has 0 unspecified atom stereocenters. The molecule has 4 nitrogen and oxygen atoms in total. The smallest absolute Gasteiger partial charge is 0.337 e. The topological polar surface area (TPSA) is 44.8 Å². The van der Waals surface area contributed by atoms with Gasteiger partial charge in [0, 0.05) is 26.3 Å². The summed E-state index contributed by atoms with van der Waals surface area (Å²) in [6.07, 6.45) is 1.14. The molecule has 0 saturated carbocycles. The maximum Gasteiger partial charge on any atom is 0.337 e. The van der Waals surface area contributed by atoms with Crippen LogP contribution in [0.15, 0.2) is 12.7 Å². The van der Waals surface area contributed by atoms with E-state index in [1.165, 1.54) is 0 Å². The Morgan fingerprint density at radius 2 is 2.00 bits per heavy atom. The summed E-state index contributed by atoms with van der Waals surface area (Å²) in [7, 11) is 1.12. The number of carbonyl (C=O) groups is 1. The summed E-state index contributed by atoms with van der Waals surface area (Å²) in [5.74, 6) is -0.413. The standard InChI is InChI=1S/C8H16O4Si/c1-5-8(9)12-6-7-13(4,10-2)11-3/h5H,1,6-7H2,2-4H3. The van der Waals surface area contributed by atoms with Gasteiger partial charge in [-0.15, -0.1) is 0 Å². The first-order valence-corrected chi connectivity index (χ1v) is 6.50. The molecule has 0 heterocycles. The van der Waals surface area contributed by atoms with E-state index in [0.717, 1.165) is 6.08 Å². The quantitative estimate of drug-likeness (QED) is 0.369. The van der Waals surface area contributed by atoms with Crippen molar-refractivity contribution >= 4 is 14.5 Å². The molecule has 0 rings (SSSR count). The molecular formula is C8H16O4Si. The van der Waals surface area contributed by atoms with Crippen LogP contribution in [0.4, 0.5) is 0 Å². The van der Waals surface area contributed by atoms with E-state index in [0.29, 0.717) is 12.7 Å². The zero-order chi connectivity index (χ0) is 10.3. The number of carbonyl (C=O) groups excluding carboxylic acids is 1. The molecule has 0 aromatic carbocycles. The molecule has 76 valence electrons. The van der Waals surface area contributed by atoms with Gasteiger partial charge in [-0.1, -0.05) is 6.58 Å². The van der Waals surface area contributed by atoms with Crippen molar-refractivity contribution in [2.75, 3.05) is 20.8 Å². The SMILES string of the molecule is C=CC(=O)OCC[Si](C)(OC)OC. The van der Waals surface area contributed by atoms with Crippen molar-refractivity contribution in [2.45, 2.75) is 12.6 Å². The van der Waals surface area contributed by atoms with Gasteiger partial charge >= 0.3 is 14.5 Å². The number of hydrogen-bond acceptors (Lipinski definition) is 4. The molecule has 0 atom stereocenters. The molecule has 13 heavy (non-hydrogen) atoms. The second kappa shape index (κ2) is 5.90. The van der Waals surface area contributed by atoms with Crippen molar-refractivity contribution in [1.29, 1.82) is 0 Å². The summed E-state index contributed by atoms with van der Waals surface area (Å²) in [5.41, 5.74) is 0. The summed E-state index contributed by atoms with van der Waals surface area (Å²) < 4.78 is 15.2. The maximum atomic E-state index is 10.7. The van der Waals surface area contributed by atoms with Crippen LogP contribution < -0.4 is 0 Å². The molecule has 0 fully saturated rings. The molecule has 0 bridgehead atoms. The lowest BCUT2D eigenvalue weighted by molar-refractivity contribution is -0.137. The zero-order valence-corrected chi connectivity index (χ0v) is 9.33. The summed E-state index contributed by atoms with van der Waals surface area (Å²) in [6, 6.07) is 0.625. The summed E-state index contributed by atoms with van der Waals surface area (Å²) in [5, 5.41) is 0. The normalized spacial score (nSPS) is 11.0. The van der Waals surface area contributed by atoms with E-state index in [-0.39, 0.29) is 0 Å². The number of hydrogen-bond donors (Lipinski definition) is 0. The van der Waals surface area contributed by atoms with Gasteiger partial charge in [-0.3, -0.25) is 0 Å². The van der Waals surface area contributed by atoms with E-state index >= 15 is 0 Å². The molecule has 0 aromatic heterocycles. The van der Waals surface area contributed by atoms with Crippen molar-refractivity contribution in [3.63, 3.8) is 0 Å². The molecule has 0 amide bonds. The molecule has 0 spiro atoms. The Kier molecular flexibility index (Phi) is 5.61. The van der Waals surface area contributed by atoms with E-state index < -0.39 is 14.5 Å². The largest absolute Gasteiger partial charge is 0.463 e. The fourth-order valence-electron chi connectivity index (χ4n) is 0.683. The van der Waals surface area contributed by atoms with Crippen LogP contribution in [0.3, 0.4) is 0 Å². The third-order valence-electron chi connectivity index (χ3n) is 1.83. The fourth-order valence-corrected chi connectivity index (χ4v) is 1.73. The average molecular weight is 204 g/mol. The second-order valence-corrected chi connectivity index (χ2v) is 6.25. The summed E-state index contributed by atoms with van der Waals surface area (Å²) >= 11 is 0. The highest BCUT2D eigenvalue weighted by molar-refractivity contribution is 6.66. The van der Waals surface area contributed by atoms with Gasteiger partial charge in [-0.25, -0.2) is 4.79 Å². The Balaban J connectivity index is 3.73. The van der Waals surface area contributed by atoms with Crippen molar-refractivity contribution in [3.8, 4) is 0 Å². The zero-order valence-electron chi connectivity index (χ0n) is 8.33. The molecule has 0 aliphatic heterocycles. The number of ether oxygens (including phenoxy) is 1. The van der Waals surface area contributed by atoms with E-state index in [9.17, 15) is 4.79 Å². The van der Waals surface area contributed by atoms with Gasteiger partial charge in [0.25, 0.3) is 0 Å². The minimum atomic E-state index is -2.09. The van der Waals surface area contributed by atoms with Crippen LogP contribution in [-0.4, -0.2) is 35.4 Å². The van der Waals surface area contributed by atoms with E-state index in [1.54, 1.807) is 14.2 Å². The molecular weight excluding hydrogens is 188 g/mol. The van der Waals surface area contributed by atoms with Crippen LogP contribution in [0.2, 0.25) is 12.6 Å². The highest BCUT2D eigenvalue weighted by Crippen LogP contribution is 2.10. The van der Waals surface area contributed by atoms with Gasteiger partial charge in [0.15, 0.2) is 0 Å². The third kappa shape index (κ3) is 4.82. The molecule has 0 aliphatic rings. The molecule has 0 radical (unpaired) electrons. The lowest BCUT2D eigenvalue weighted by atomic mass is 10.6. The molecule has 0 aromatic rings. The van der Waals surface area contributed by atoms with Gasteiger partial charge in [0.05, 0.1) is 6.61 Å². The van der Waals surface area contributed by atoms with Gasteiger partial charge < -0.3 is 13.6 Å². The number of esters is 1. The first kappa shape index (κ1) is 12.3.